The van der Waals surface area contributed by atoms with Crippen molar-refractivity contribution in [3.05, 3.63) is 58.4 Å². The maximum Gasteiger partial charge on any atom is 0.420 e. The number of benzene rings is 2. The Hall–Kier alpha value is -2.83. The van der Waals surface area contributed by atoms with Crippen molar-refractivity contribution in [2.75, 3.05) is 37.8 Å². The Morgan fingerprint density at radius 3 is 2.46 bits per heavy atom. The fourth-order valence-electron chi connectivity index (χ4n) is 4.82. The van der Waals surface area contributed by atoms with Crippen LogP contribution in [0.3, 0.4) is 0 Å². The number of nitriles is 1. The highest BCUT2D eigenvalue weighted by Crippen LogP contribution is 2.39. The number of piperidine rings is 1. The van der Waals surface area contributed by atoms with E-state index >= 15 is 0 Å². The Morgan fingerprint density at radius 2 is 1.83 bits per heavy atom. The zero-order valence-electron chi connectivity index (χ0n) is 19.5. The third-order valence-electron chi connectivity index (χ3n) is 6.59. The fourth-order valence-corrected chi connectivity index (χ4v) is 4.82. The molecule has 2 heterocycles. The molecule has 2 fully saturated rings. The predicted octanol–water partition coefficient (Wildman–Crippen LogP) is 5.94. The Bertz CT molecular complexity index is 1070. The van der Waals surface area contributed by atoms with Crippen molar-refractivity contribution in [3.8, 4) is 11.8 Å². The van der Waals surface area contributed by atoms with Gasteiger partial charge in [-0.05, 0) is 67.5 Å². The first kappa shape index (κ1) is 25.3. The van der Waals surface area contributed by atoms with Crippen LogP contribution in [0.4, 0.5) is 23.2 Å². The van der Waals surface area contributed by atoms with Crippen LogP contribution in [0.15, 0.2) is 30.3 Å². The normalized spacial score (nSPS) is 17.5. The molecular weight excluding hydrogens is 464 g/mol. The minimum absolute atomic E-state index is 0.108. The van der Waals surface area contributed by atoms with E-state index in [2.05, 4.69) is 0 Å². The van der Waals surface area contributed by atoms with Crippen molar-refractivity contribution < 1.29 is 31.8 Å². The van der Waals surface area contributed by atoms with E-state index in [1.54, 1.807) is 4.90 Å². The third-order valence-corrected chi connectivity index (χ3v) is 6.59. The van der Waals surface area contributed by atoms with Crippen LogP contribution < -0.4 is 9.64 Å². The average molecular weight is 493 g/mol. The van der Waals surface area contributed by atoms with Gasteiger partial charge < -0.3 is 19.1 Å². The maximum absolute atomic E-state index is 14.8. The SMILES string of the molecule is Cc1cc(OCCCC2OCCO2)ccc1C1CCN(c2ccc(C#N)c(C(F)(F)F)c2F)CC1. The number of aryl methyl sites for hydroxylation is 1. The molecular formula is C26H28F4N2O3. The summed E-state index contributed by atoms with van der Waals surface area (Å²) in [6.45, 7) is 4.72. The predicted molar refractivity (Wildman–Crippen MR) is 122 cm³/mol. The number of ether oxygens (including phenoxy) is 3. The van der Waals surface area contributed by atoms with Crippen LogP contribution in [0.5, 0.6) is 5.75 Å². The van der Waals surface area contributed by atoms with E-state index < -0.39 is 23.1 Å². The lowest BCUT2D eigenvalue weighted by Gasteiger charge is -2.35. The van der Waals surface area contributed by atoms with Gasteiger partial charge in [-0.3, -0.25) is 0 Å². The molecule has 0 N–H and O–H groups in total. The summed E-state index contributed by atoms with van der Waals surface area (Å²) in [7, 11) is 0. The van der Waals surface area contributed by atoms with Crippen LogP contribution in [0.2, 0.25) is 0 Å². The van der Waals surface area contributed by atoms with Gasteiger partial charge in [0.2, 0.25) is 0 Å². The Kier molecular flexibility index (Phi) is 7.82. The topological polar surface area (TPSA) is 54.7 Å². The third kappa shape index (κ3) is 5.88. The van der Waals surface area contributed by atoms with E-state index in [0.29, 0.717) is 45.8 Å². The first-order chi connectivity index (χ1) is 16.8. The molecule has 0 saturated carbocycles. The molecule has 2 aromatic carbocycles. The van der Waals surface area contributed by atoms with E-state index in [4.69, 9.17) is 19.5 Å². The smallest absolute Gasteiger partial charge is 0.420 e. The number of nitrogens with zero attached hydrogens (tertiary/aromatic N) is 2. The highest BCUT2D eigenvalue weighted by Gasteiger charge is 2.39. The molecule has 0 atom stereocenters. The largest absolute Gasteiger partial charge is 0.494 e. The van der Waals surface area contributed by atoms with Crippen molar-refractivity contribution in [1.82, 2.24) is 0 Å². The molecule has 0 radical (unpaired) electrons. The van der Waals surface area contributed by atoms with Crippen LogP contribution in [-0.2, 0) is 15.7 Å². The Morgan fingerprint density at radius 1 is 1.11 bits per heavy atom. The maximum atomic E-state index is 14.8. The number of anilines is 1. The zero-order chi connectivity index (χ0) is 25.0. The van der Waals surface area contributed by atoms with Gasteiger partial charge in [0.25, 0.3) is 0 Å². The van der Waals surface area contributed by atoms with Crippen molar-refractivity contribution in [1.29, 1.82) is 5.26 Å². The van der Waals surface area contributed by atoms with Gasteiger partial charge in [0.05, 0.1) is 37.1 Å². The van der Waals surface area contributed by atoms with Gasteiger partial charge in [0, 0.05) is 19.5 Å². The molecule has 4 rings (SSSR count). The highest BCUT2D eigenvalue weighted by atomic mass is 19.4. The highest BCUT2D eigenvalue weighted by molar-refractivity contribution is 5.57. The summed E-state index contributed by atoms with van der Waals surface area (Å²) < 4.78 is 71.5. The van der Waals surface area contributed by atoms with Gasteiger partial charge in [-0.25, -0.2) is 4.39 Å². The number of hydrogen-bond acceptors (Lipinski definition) is 5. The molecule has 2 aromatic rings. The van der Waals surface area contributed by atoms with Crippen molar-refractivity contribution in [2.24, 2.45) is 0 Å². The molecule has 188 valence electrons. The molecule has 0 spiro atoms. The quantitative estimate of drug-likeness (QED) is 0.354. The molecule has 0 aromatic heterocycles. The molecule has 0 amide bonds. The lowest BCUT2D eigenvalue weighted by Crippen LogP contribution is -2.34. The second kappa shape index (κ2) is 10.8. The van der Waals surface area contributed by atoms with E-state index in [1.807, 2.05) is 25.1 Å². The summed E-state index contributed by atoms with van der Waals surface area (Å²) in [4.78, 5) is 1.63. The summed E-state index contributed by atoms with van der Waals surface area (Å²) in [5.41, 5.74) is -0.0434. The van der Waals surface area contributed by atoms with Gasteiger partial charge >= 0.3 is 6.18 Å². The van der Waals surface area contributed by atoms with Gasteiger partial charge in [0.15, 0.2) is 12.1 Å². The summed E-state index contributed by atoms with van der Waals surface area (Å²) in [6.07, 6.45) is -2.08. The van der Waals surface area contributed by atoms with Crippen LogP contribution in [0.1, 0.15) is 53.9 Å². The molecule has 35 heavy (non-hydrogen) atoms. The van der Waals surface area contributed by atoms with Crippen LogP contribution in [-0.4, -0.2) is 39.2 Å². The van der Waals surface area contributed by atoms with Crippen LogP contribution >= 0.6 is 0 Å². The summed E-state index contributed by atoms with van der Waals surface area (Å²) in [5, 5.41) is 8.97. The lowest BCUT2D eigenvalue weighted by atomic mass is 9.86. The zero-order valence-corrected chi connectivity index (χ0v) is 19.5. The first-order valence-electron chi connectivity index (χ1n) is 11.8. The first-order valence-corrected chi connectivity index (χ1v) is 11.8. The minimum Gasteiger partial charge on any atom is -0.494 e. The average Bonchev–Trinajstić information content (AvgIpc) is 3.35. The molecule has 0 bridgehead atoms. The molecule has 0 unspecified atom stereocenters. The molecule has 2 aliphatic rings. The minimum atomic E-state index is -4.93. The molecule has 2 saturated heterocycles. The Labute approximate surface area is 202 Å². The lowest BCUT2D eigenvalue weighted by molar-refractivity contribution is -0.140. The molecule has 9 heteroatoms. The fraction of sp³-hybridized carbons (Fsp3) is 0.500. The second-order valence-electron chi connectivity index (χ2n) is 8.87. The van der Waals surface area contributed by atoms with Gasteiger partial charge in [-0.2, -0.15) is 18.4 Å². The van der Waals surface area contributed by atoms with Crippen LogP contribution in [0.25, 0.3) is 0 Å². The van der Waals surface area contributed by atoms with Gasteiger partial charge in [-0.15, -0.1) is 0 Å². The number of hydrogen-bond donors (Lipinski definition) is 0. The summed E-state index contributed by atoms with van der Waals surface area (Å²) in [5.74, 6) is -0.365. The second-order valence-corrected chi connectivity index (χ2v) is 8.87. The number of rotatable bonds is 7. The summed E-state index contributed by atoms with van der Waals surface area (Å²) >= 11 is 0. The summed E-state index contributed by atoms with van der Waals surface area (Å²) in [6, 6.07) is 9.73. The van der Waals surface area contributed by atoms with Gasteiger partial charge in [0.1, 0.15) is 11.3 Å². The molecule has 2 aliphatic heterocycles. The van der Waals surface area contributed by atoms with Crippen molar-refractivity contribution in [3.63, 3.8) is 0 Å². The van der Waals surface area contributed by atoms with Crippen LogP contribution in [0, 0.1) is 24.1 Å². The standard InChI is InChI=1S/C26H28F4N2O3/c1-17-15-20(33-12-2-3-23-34-13-14-35-23)5-6-21(17)18-8-10-32(11-9-18)22-7-4-19(16-31)24(25(22)27)26(28,29)30/h4-7,15,18,23H,2-3,8-14H2,1H3. The van der Waals surface area contributed by atoms with E-state index in [9.17, 15) is 17.6 Å². The monoisotopic (exact) mass is 492 g/mol. The Balaban J connectivity index is 1.35. The van der Waals surface area contributed by atoms with Gasteiger partial charge in [-0.1, -0.05) is 6.07 Å². The van der Waals surface area contributed by atoms with Crippen molar-refractivity contribution >= 4 is 5.69 Å². The van der Waals surface area contributed by atoms with E-state index in [0.717, 1.165) is 30.2 Å². The molecule has 0 aliphatic carbocycles. The molecule has 5 nitrogen and oxygen atoms in total. The number of halogens is 4. The van der Waals surface area contributed by atoms with E-state index in [-0.39, 0.29) is 17.9 Å². The number of alkyl halides is 3. The van der Waals surface area contributed by atoms with Crippen molar-refractivity contribution in [2.45, 2.75) is 51.0 Å². The van der Waals surface area contributed by atoms with E-state index in [1.165, 1.54) is 17.7 Å².